The predicted octanol–water partition coefficient (Wildman–Crippen LogP) is 2.88. The largest absolute Gasteiger partial charge is 0.339 e. The van der Waals surface area contributed by atoms with E-state index in [1.54, 1.807) is 11.9 Å². The van der Waals surface area contributed by atoms with Crippen molar-refractivity contribution < 1.29 is 13.2 Å². The summed E-state index contributed by atoms with van der Waals surface area (Å²) in [6, 6.07) is 8.30. The maximum Gasteiger partial charge on any atom is 0.223 e. The maximum absolute atomic E-state index is 12.5. The minimum absolute atomic E-state index is 0.00476. The van der Waals surface area contributed by atoms with Crippen LogP contribution in [-0.4, -0.2) is 37.3 Å². The first-order valence-electron chi connectivity index (χ1n) is 8.54. The number of hydrogen-bond donors (Lipinski definition) is 0. The number of nitrogens with zero attached hydrogens (tertiary/aromatic N) is 1. The second-order valence-corrected chi connectivity index (χ2v) is 9.18. The second kappa shape index (κ2) is 6.63. The lowest BCUT2D eigenvalue weighted by atomic mass is 10.1. The standard InChI is InChI=1S/C18H25NO3S/c1-19(17-11-10-14-6-2-5-9-16(14)17)18(20)12-13-23(21,22)15-7-3-4-8-15/h2,5-6,9,15,17H,3-4,7-8,10-13H2,1H3/t17-/m0/s1. The van der Waals surface area contributed by atoms with Gasteiger partial charge < -0.3 is 4.90 Å². The molecule has 1 aromatic carbocycles. The highest BCUT2D eigenvalue weighted by Crippen LogP contribution is 2.35. The van der Waals surface area contributed by atoms with E-state index in [9.17, 15) is 13.2 Å². The van der Waals surface area contributed by atoms with E-state index >= 15 is 0 Å². The summed E-state index contributed by atoms with van der Waals surface area (Å²) in [5.74, 6) is -0.0665. The normalized spacial score (nSPS) is 21.3. The molecule has 0 unspecified atom stereocenters. The van der Waals surface area contributed by atoms with E-state index in [0.717, 1.165) is 38.5 Å². The zero-order valence-electron chi connectivity index (χ0n) is 13.7. The van der Waals surface area contributed by atoms with Crippen LogP contribution in [0.2, 0.25) is 0 Å². The molecule has 0 N–H and O–H groups in total. The zero-order chi connectivity index (χ0) is 16.4. The van der Waals surface area contributed by atoms with Gasteiger partial charge >= 0.3 is 0 Å². The predicted molar refractivity (Wildman–Crippen MR) is 90.9 cm³/mol. The van der Waals surface area contributed by atoms with E-state index < -0.39 is 9.84 Å². The molecule has 3 rings (SSSR count). The number of fused-ring (bicyclic) bond motifs is 1. The number of benzene rings is 1. The van der Waals surface area contributed by atoms with Crippen LogP contribution in [0.3, 0.4) is 0 Å². The fraction of sp³-hybridized carbons (Fsp3) is 0.611. The first kappa shape index (κ1) is 16.5. The molecule has 0 radical (unpaired) electrons. The van der Waals surface area contributed by atoms with E-state index in [1.807, 2.05) is 12.1 Å². The number of hydrogen-bond acceptors (Lipinski definition) is 3. The van der Waals surface area contributed by atoms with Gasteiger partial charge in [-0.3, -0.25) is 4.79 Å². The van der Waals surface area contributed by atoms with E-state index in [1.165, 1.54) is 11.1 Å². The molecule has 0 heterocycles. The Bertz CT molecular complexity index is 677. The van der Waals surface area contributed by atoms with Crippen molar-refractivity contribution in [2.45, 2.75) is 56.2 Å². The van der Waals surface area contributed by atoms with Gasteiger partial charge in [0.15, 0.2) is 9.84 Å². The van der Waals surface area contributed by atoms with Crippen molar-refractivity contribution in [2.24, 2.45) is 0 Å². The Morgan fingerprint density at radius 1 is 1.17 bits per heavy atom. The van der Waals surface area contributed by atoms with Gasteiger partial charge in [-0.1, -0.05) is 37.1 Å². The number of rotatable bonds is 5. The summed E-state index contributed by atoms with van der Waals surface area (Å²) in [7, 11) is -1.32. The summed E-state index contributed by atoms with van der Waals surface area (Å²) in [4.78, 5) is 14.2. The summed E-state index contributed by atoms with van der Waals surface area (Å²) < 4.78 is 24.6. The molecule has 1 aromatic rings. The first-order chi connectivity index (χ1) is 11.0. The molecule has 1 atom stereocenters. The minimum Gasteiger partial charge on any atom is -0.339 e. The zero-order valence-corrected chi connectivity index (χ0v) is 14.5. The fourth-order valence-corrected chi connectivity index (χ4v) is 5.77. The molecule has 0 bridgehead atoms. The maximum atomic E-state index is 12.5. The highest BCUT2D eigenvalue weighted by atomic mass is 32.2. The molecule has 2 aliphatic rings. The van der Waals surface area contributed by atoms with Gasteiger partial charge in [0, 0.05) is 13.5 Å². The number of carbonyl (C=O) groups is 1. The summed E-state index contributed by atoms with van der Waals surface area (Å²) in [5.41, 5.74) is 2.51. The van der Waals surface area contributed by atoms with Gasteiger partial charge in [0.1, 0.15) is 0 Å². The Morgan fingerprint density at radius 3 is 2.61 bits per heavy atom. The monoisotopic (exact) mass is 335 g/mol. The van der Waals surface area contributed by atoms with E-state index in [0.29, 0.717) is 0 Å². The van der Waals surface area contributed by atoms with E-state index in [2.05, 4.69) is 12.1 Å². The lowest BCUT2D eigenvalue weighted by Crippen LogP contribution is -2.32. The molecule has 4 nitrogen and oxygen atoms in total. The molecule has 1 saturated carbocycles. The first-order valence-corrected chi connectivity index (χ1v) is 10.3. The average molecular weight is 335 g/mol. The number of carbonyl (C=O) groups excluding carboxylic acids is 1. The Balaban J connectivity index is 1.60. The molecular formula is C18H25NO3S. The van der Waals surface area contributed by atoms with Crippen LogP contribution < -0.4 is 0 Å². The van der Waals surface area contributed by atoms with Crippen molar-refractivity contribution in [1.29, 1.82) is 0 Å². The average Bonchev–Trinajstić information content (AvgIpc) is 3.21. The topological polar surface area (TPSA) is 54.5 Å². The molecule has 0 aliphatic heterocycles. The molecule has 1 amide bonds. The van der Waals surface area contributed by atoms with Gasteiger partial charge in [-0.2, -0.15) is 0 Å². The molecule has 0 aromatic heterocycles. The molecule has 0 saturated heterocycles. The van der Waals surface area contributed by atoms with Crippen molar-refractivity contribution >= 4 is 15.7 Å². The van der Waals surface area contributed by atoms with Gasteiger partial charge in [-0.05, 0) is 36.8 Å². The van der Waals surface area contributed by atoms with Gasteiger partial charge in [0.2, 0.25) is 5.91 Å². The number of aryl methyl sites for hydroxylation is 1. The Hall–Kier alpha value is -1.36. The van der Waals surface area contributed by atoms with Crippen LogP contribution in [0.1, 0.15) is 55.7 Å². The third-order valence-electron chi connectivity index (χ3n) is 5.37. The van der Waals surface area contributed by atoms with Crippen LogP contribution in [0.4, 0.5) is 0 Å². The molecule has 1 fully saturated rings. The lowest BCUT2D eigenvalue weighted by molar-refractivity contribution is -0.131. The van der Waals surface area contributed by atoms with Gasteiger partial charge in [0.05, 0.1) is 17.0 Å². The molecule has 23 heavy (non-hydrogen) atoms. The highest BCUT2D eigenvalue weighted by Gasteiger charge is 2.31. The molecule has 0 spiro atoms. The van der Waals surface area contributed by atoms with Crippen LogP contribution in [0, 0.1) is 0 Å². The number of amides is 1. The molecule has 5 heteroatoms. The Morgan fingerprint density at radius 2 is 1.87 bits per heavy atom. The Kier molecular flexibility index (Phi) is 4.76. The van der Waals surface area contributed by atoms with Crippen LogP contribution in [0.5, 0.6) is 0 Å². The lowest BCUT2D eigenvalue weighted by Gasteiger charge is -2.25. The van der Waals surface area contributed by atoms with Gasteiger partial charge in [-0.15, -0.1) is 0 Å². The van der Waals surface area contributed by atoms with E-state index in [-0.39, 0.29) is 29.4 Å². The number of sulfone groups is 1. The SMILES string of the molecule is CN(C(=O)CCS(=O)(=O)C1CCCC1)[C@H]1CCc2ccccc21. The van der Waals surface area contributed by atoms with Crippen molar-refractivity contribution in [1.82, 2.24) is 4.90 Å². The quantitative estimate of drug-likeness (QED) is 0.831. The second-order valence-electron chi connectivity index (χ2n) is 6.78. The summed E-state index contributed by atoms with van der Waals surface area (Å²) in [5, 5.41) is -0.215. The summed E-state index contributed by atoms with van der Waals surface area (Å²) in [6.45, 7) is 0. The van der Waals surface area contributed by atoms with Gasteiger partial charge in [0.25, 0.3) is 0 Å². The van der Waals surface area contributed by atoms with Gasteiger partial charge in [-0.25, -0.2) is 8.42 Å². The van der Waals surface area contributed by atoms with Crippen LogP contribution in [-0.2, 0) is 21.1 Å². The molecule has 2 aliphatic carbocycles. The van der Waals surface area contributed by atoms with Crippen molar-refractivity contribution in [2.75, 3.05) is 12.8 Å². The fourth-order valence-electron chi connectivity index (χ4n) is 3.93. The van der Waals surface area contributed by atoms with Crippen molar-refractivity contribution in [3.63, 3.8) is 0 Å². The summed E-state index contributed by atoms with van der Waals surface area (Å²) in [6.07, 6.45) is 5.54. The molecule has 126 valence electrons. The smallest absolute Gasteiger partial charge is 0.223 e. The van der Waals surface area contributed by atoms with Crippen LogP contribution in [0.25, 0.3) is 0 Å². The molecular weight excluding hydrogens is 310 g/mol. The third-order valence-corrected chi connectivity index (χ3v) is 7.63. The van der Waals surface area contributed by atoms with Crippen LogP contribution >= 0.6 is 0 Å². The van der Waals surface area contributed by atoms with E-state index in [4.69, 9.17) is 0 Å². The third kappa shape index (κ3) is 3.44. The summed E-state index contributed by atoms with van der Waals surface area (Å²) >= 11 is 0. The van der Waals surface area contributed by atoms with Crippen LogP contribution in [0.15, 0.2) is 24.3 Å². The van der Waals surface area contributed by atoms with Crippen molar-refractivity contribution in [3.8, 4) is 0 Å². The Labute approximate surface area is 138 Å². The van der Waals surface area contributed by atoms with Crippen molar-refractivity contribution in [3.05, 3.63) is 35.4 Å². The minimum atomic E-state index is -3.12. The highest BCUT2D eigenvalue weighted by molar-refractivity contribution is 7.92.